The molecule has 0 radical (unpaired) electrons. The largest absolute Gasteiger partial charge is 0.450 e. The van der Waals surface area contributed by atoms with Crippen LogP contribution in [0.3, 0.4) is 0 Å². The Morgan fingerprint density at radius 1 is 1.12 bits per heavy atom. The molecular weight excluding hydrogens is 226 g/mol. The quantitative estimate of drug-likeness (QED) is 0.693. The number of amides is 3. The molecule has 7 heteroatoms. The zero-order valence-electron chi connectivity index (χ0n) is 10.6. The van der Waals surface area contributed by atoms with Crippen LogP contribution in [-0.2, 0) is 14.3 Å². The summed E-state index contributed by atoms with van der Waals surface area (Å²) in [5.41, 5.74) is 0. The van der Waals surface area contributed by atoms with Gasteiger partial charge in [0.05, 0.1) is 13.2 Å². The molecule has 0 spiro atoms. The first kappa shape index (κ1) is 15.2. The molecular formula is C10H19N3O4. The molecule has 7 nitrogen and oxygen atoms in total. The number of hydrogen-bond donors (Lipinski definition) is 1. The van der Waals surface area contributed by atoms with E-state index in [1.807, 2.05) is 0 Å². The fraction of sp³-hybridized carbons (Fsp3) is 0.700. The first-order chi connectivity index (χ1) is 7.88. The Labute approximate surface area is 101 Å². The van der Waals surface area contributed by atoms with Crippen LogP contribution in [0.15, 0.2) is 0 Å². The highest BCUT2D eigenvalue weighted by Crippen LogP contribution is 1.88. The first-order valence-corrected chi connectivity index (χ1v) is 5.23. The fourth-order valence-corrected chi connectivity index (χ4v) is 0.897. The Hall–Kier alpha value is -1.79. The second-order valence-electron chi connectivity index (χ2n) is 3.61. The van der Waals surface area contributed by atoms with E-state index < -0.39 is 6.09 Å². The van der Waals surface area contributed by atoms with E-state index in [1.165, 1.54) is 16.8 Å². The highest BCUT2D eigenvalue weighted by atomic mass is 16.5. The summed E-state index contributed by atoms with van der Waals surface area (Å²) in [5, 5.41) is 2.29. The molecule has 0 fully saturated rings. The van der Waals surface area contributed by atoms with Gasteiger partial charge in [-0.1, -0.05) is 0 Å². The number of hydrogen-bond acceptors (Lipinski definition) is 4. The van der Waals surface area contributed by atoms with Gasteiger partial charge in [0.1, 0.15) is 6.54 Å². The van der Waals surface area contributed by atoms with E-state index in [0.717, 1.165) is 0 Å². The minimum absolute atomic E-state index is 0.0175. The van der Waals surface area contributed by atoms with Crippen LogP contribution in [0.2, 0.25) is 0 Å². The molecule has 0 aromatic carbocycles. The van der Waals surface area contributed by atoms with Crippen LogP contribution in [-0.4, -0.2) is 68.5 Å². The van der Waals surface area contributed by atoms with Crippen molar-refractivity contribution in [2.45, 2.75) is 6.92 Å². The maximum atomic E-state index is 11.5. The third kappa shape index (κ3) is 6.39. The lowest BCUT2D eigenvalue weighted by molar-refractivity contribution is -0.137. The second kappa shape index (κ2) is 7.48. The molecule has 0 aromatic heterocycles. The van der Waals surface area contributed by atoms with Gasteiger partial charge in [-0.15, -0.1) is 0 Å². The monoisotopic (exact) mass is 245 g/mol. The summed E-state index contributed by atoms with van der Waals surface area (Å²) in [6.07, 6.45) is -0.645. The summed E-state index contributed by atoms with van der Waals surface area (Å²) < 4.78 is 4.60. The third-order valence-corrected chi connectivity index (χ3v) is 1.96. The molecule has 17 heavy (non-hydrogen) atoms. The van der Waals surface area contributed by atoms with Crippen molar-refractivity contribution < 1.29 is 19.1 Å². The smallest absolute Gasteiger partial charge is 0.407 e. The molecule has 0 aliphatic heterocycles. The highest BCUT2D eigenvalue weighted by Gasteiger charge is 2.14. The van der Waals surface area contributed by atoms with Gasteiger partial charge in [0.2, 0.25) is 11.8 Å². The van der Waals surface area contributed by atoms with Crippen LogP contribution >= 0.6 is 0 Å². The summed E-state index contributed by atoms with van der Waals surface area (Å²) in [6.45, 7) is 1.71. The molecule has 0 aliphatic carbocycles. The molecule has 0 unspecified atom stereocenters. The van der Waals surface area contributed by atoms with Gasteiger partial charge in [-0.3, -0.25) is 9.59 Å². The fourth-order valence-electron chi connectivity index (χ4n) is 0.897. The van der Waals surface area contributed by atoms with Crippen molar-refractivity contribution in [1.82, 2.24) is 15.1 Å². The molecule has 0 bridgehead atoms. The van der Waals surface area contributed by atoms with E-state index in [0.29, 0.717) is 0 Å². The molecule has 1 N–H and O–H groups in total. The summed E-state index contributed by atoms with van der Waals surface area (Å²) in [7, 11) is 4.71. The normalized spacial score (nSPS) is 9.41. The van der Waals surface area contributed by atoms with Crippen molar-refractivity contribution in [1.29, 1.82) is 0 Å². The van der Waals surface area contributed by atoms with Crippen LogP contribution in [0.4, 0.5) is 4.79 Å². The molecule has 0 aliphatic rings. The number of carbonyl (C=O) groups excluding carboxylic acids is 3. The Kier molecular flexibility index (Phi) is 6.69. The van der Waals surface area contributed by atoms with Crippen molar-refractivity contribution in [3.63, 3.8) is 0 Å². The number of alkyl carbamates (subject to hydrolysis) is 1. The molecule has 0 rings (SSSR count). The average molecular weight is 245 g/mol. The molecule has 98 valence electrons. The van der Waals surface area contributed by atoms with Gasteiger partial charge >= 0.3 is 6.09 Å². The lowest BCUT2D eigenvalue weighted by Gasteiger charge is -2.19. The SMILES string of the molecule is CCOC(=O)NCC(=O)N(C)CC(=O)N(C)C. The van der Waals surface area contributed by atoms with E-state index in [2.05, 4.69) is 10.1 Å². The Morgan fingerprint density at radius 2 is 1.71 bits per heavy atom. The highest BCUT2D eigenvalue weighted by molar-refractivity contribution is 5.86. The van der Waals surface area contributed by atoms with E-state index in [9.17, 15) is 14.4 Å². The predicted molar refractivity (Wildman–Crippen MR) is 61.4 cm³/mol. The van der Waals surface area contributed by atoms with E-state index in [1.54, 1.807) is 21.0 Å². The summed E-state index contributed by atoms with van der Waals surface area (Å²) in [6, 6.07) is 0. The standard InChI is InChI=1S/C10H19N3O4/c1-5-17-10(16)11-6-8(14)13(4)7-9(15)12(2)3/h5-7H2,1-4H3,(H,11,16). The zero-order chi connectivity index (χ0) is 13.4. The maximum Gasteiger partial charge on any atom is 0.407 e. The molecule has 0 saturated heterocycles. The van der Waals surface area contributed by atoms with Crippen LogP contribution in [0.1, 0.15) is 6.92 Å². The molecule has 0 saturated carbocycles. The van der Waals surface area contributed by atoms with Gasteiger partial charge < -0.3 is 19.9 Å². The van der Waals surface area contributed by atoms with Crippen molar-refractivity contribution in [2.75, 3.05) is 40.8 Å². The lowest BCUT2D eigenvalue weighted by Crippen LogP contribution is -2.42. The molecule has 0 aromatic rings. The number of rotatable bonds is 5. The van der Waals surface area contributed by atoms with Gasteiger partial charge in [-0.2, -0.15) is 0 Å². The van der Waals surface area contributed by atoms with Crippen LogP contribution < -0.4 is 5.32 Å². The van der Waals surface area contributed by atoms with Crippen molar-refractivity contribution in [3.8, 4) is 0 Å². The van der Waals surface area contributed by atoms with Gasteiger partial charge in [0.15, 0.2) is 0 Å². The topological polar surface area (TPSA) is 79.0 Å². The second-order valence-corrected chi connectivity index (χ2v) is 3.61. The third-order valence-electron chi connectivity index (χ3n) is 1.96. The summed E-state index contributed by atoms with van der Waals surface area (Å²) >= 11 is 0. The van der Waals surface area contributed by atoms with E-state index in [-0.39, 0.29) is 31.5 Å². The minimum Gasteiger partial charge on any atom is -0.450 e. The number of likely N-dealkylation sites (N-methyl/N-ethyl adjacent to an activating group) is 2. The summed E-state index contributed by atoms with van der Waals surface area (Å²) in [4.78, 5) is 36.4. The molecule has 0 atom stereocenters. The Balaban J connectivity index is 3.98. The molecule has 0 heterocycles. The Bertz CT molecular complexity index is 291. The average Bonchev–Trinajstić information content (AvgIpc) is 2.25. The van der Waals surface area contributed by atoms with Gasteiger partial charge in [-0.05, 0) is 6.92 Å². The number of nitrogens with zero attached hydrogens (tertiary/aromatic N) is 2. The van der Waals surface area contributed by atoms with Gasteiger partial charge in [-0.25, -0.2) is 4.79 Å². The maximum absolute atomic E-state index is 11.5. The van der Waals surface area contributed by atoms with Gasteiger partial charge in [0.25, 0.3) is 0 Å². The van der Waals surface area contributed by atoms with Crippen molar-refractivity contribution in [2.24, 2.45) is 0 Å². The predicted octanol–water partition coefficient (Wildman–Crippen LogP) is -0.721. The lowest BCUT2D eigenvalue weighted by atomic mass is 10.4. The number of ether oxygens (including phenoxy) is 1. The van der Waals surface area contributed by atoms with Crippen molar-refractivity contribution in [3.05, 3.63) is 0 Å². The van der Waals surface area contributed by atoms with E-state index in [4.69, 9.17) is 0 Å². The zero-order valence-corrected chi connectivity index (χ0v) is 10.6. The van der Waals surface area contributed by atoms with Crippen molar-refractivity contribution >= 4 is 17.9 Å². The van der Waals surface area contributed by atoms with Gasteiger partial charge in [0, 0.05) is 21.1 Å². The first-order valence-electron chi connectivity index (χ1n) is 5.23. The number of carbonyl (C=O) groups is 3. The Morgan fingerprint density at radius 3 is 2.18 bits per heavy atom. The summed E-state index contributed by atoms with van der Waals surface area (Å²) in [5.74, 6) is -0.537. The number of nitrogens with one attached hydrogen (secondary N) is 1. The van der Waals surface area contributed by atoms with Crippen LogP contribution in [0.5, 0.6) is 0 Å². The molecule has 3 amide bonds. The van der Waals surface area contributed by atoms with E-state index >= 15 is 0 Å². The minimum atomic E-state index is -0.645. The van der Waals surface area contributed by atoms with Crippen LogP contribution in [0.25, 0.3) is 0 Å². The van der Waals surface area contributed by atoms with Crippen LogP contribution in [0, 0.1) is 0 Å².